The molecule has 0 saturated carbocycles. The minimum Gasteiger partial charge on any atom is -0.506 e. The van der Waals surface area contributed by atoms with Crippen LogP contribution in [0.15, 0.2) is 27.9 Å². The number of nitrogens with one attached hydrogen (secondary N) is 1. The molecule has 0 aliphatic heterocycles. The average Bonchev–Trinajstić information content (AvgIpc) is 2.74. The highest BCUT2D eigenvalue weighted by Crippen LogP contribution is 2.30. The lowest BCUT2D eigenvalue weighted by Crippen LogP contribution is -1.84. The number of nitrogens with zero attached hydrogens (tertiary/aromatic N) is 3. The summed E-state index contributed by atoms with van der Waals surface area (Å²) in [5.41, 5.74) is 0.496. The predicted octanol–water partition coefficient (Wildman–Crippen LogP) is 2.68. The molecule has 0 amide bonds. The van der Waals surface area contributed by atoms with Gasteiger partial charge in [0.1, 0.15) is 12.1 Å². The number of halogens is 2. The summed E-state index contributed by atoms with van der Waals surface area (Å²) in [4.78, 5) is 7.80. The molecule has 5 nitrogen and oxygen atoms in total. The largest absolute Gasteiger partial charge is 0.506 e. The molecular formula is C9H6BrClN4O. The van der Waals surface area contributed by atoms with Crippen molar-refractivity contribution in [2.24, 2.45) is 4.99 Å². The van der Waals surface area contributed by atoms with Crippen LogP contribution in [0.25, 0.3) is 0 Å². The molecule has 0 radical (unpaired) electrons. The Morgan fingerprint density at radius 3 is 3.00 bits per heavy atom. The summed E-state index contributed by atoms with van der Waals surface area (Å²) in [6, 6.07) is 3.20. The first kappa shape index (κ1) is 11.1. The molecule has 2 aromatic rings. The molecule has 0 aliphatic rings. The summed E-state index contributed by atoms with van der Waals surface area (Å²) >= 11 is 9.03. The molecule has 0 aliphatic carbocycles. The Bertz CT molecular complexity index is 527. The van der Waals surface area contributed by atoms with E-state index >= 15 is 0 Å². The maximum atomic E-state index is 9.71. The molecule has 82 valence electrons. The first-order valence-electron chi connectivity index (χ1n) is 4.24. The summed E-state index contributed by atoms with van der Waals surface area (Å²) in [7, 11) is 0. The molecule has 1 heterocycles. The van der Waals surface area contributed by atoms with Crippen molar-refractivity contribution in [3.05, 3.63) is 33.5 Å². The molecule has 0 fully saturated rings. The van der Waals surface area contributed by atoms with Crippen molar-refractivity contribution >= 4 is 39.7 Å². The van der Waals surface area contributed by atoms with Gasteiger partial charge in [-0.25, -0.2) is 10.1 Å². The van der Waals surface area contributed by atoms with Crippen LogP contribution in [-0.4, -0.2) is 26.5 Å². The third-order valence-electron chi connectivity index (χ3n) is 1.79. The van der Waals surface area contributed by atoms with E-state index in [-0.39, 0.29) is 5.75 Å². The number of phenols is 1. The van der Waals surface area contributed by atoms with Crippen LogP contribution in [-0.2, 0) is 0 Å². The summed E-state index contributed by atoms with van der Waals surface area (Å²) in [6.45, 7) is 0. The number of hydrogen-bond acceptors (Lipinski definition) is 4. The number of aliphatic imine (C=N–C) groups is 1. The number of phenolic OH excluding ortho intramolecular Hbond substituents is 1. The Hall–Kier alpha value is -1.40. The van der Waals surface area contributed by atoms with Gasteiger partial charge in [0.05, 0.1) is 4.47 Å². The van der Waals surface area contributed by atoms with Crippen molar-refractivity contribution in [2.45, 2.75) is 0 Å². The molecule has 1 aromatic carbocycles. The van der Waals surface area contributed by atoms with Crippen molar-refractivity contribution in [3.8, 4) is 5.75 Å². The Balaban J connectivity index is 2.34. The lowest BCUT2D eigenvalue weighted by Gasteiger charge is -2.01. The van der Waals surface area contributed by atoms with Crippen LogP contribution < -0.4 is 0 Å². The third kappa shape index (κ3) is 2.40. The zero-order valence-electron chi connectivity index (χ0n) is 7.85. The van der Waals surface area contributed by atoms with E-state index < -0.39 is 0 Å². The number of benzene rings is 1. The van der Waals surface area contributed by atoms with Gasteiger partial charge in [0.15, 0.2) is 0 Å². The van der Waals surface area contributed by atoms with Gasteiger partial charge in [0.2, 0.25) is 5.95 Å². The van der Waals surface area contributed by atoms with E-state index in [9.17, 15) is 5.11 Å². The van der Waals surface area contributed by atoms with E-state index in [1.807, 2.05) is 0 Å². The maximum absolute atomic E-state index is 9.71. The second kappa shape index (κ2) is 4.63. The topological polar surface area (TPSA) is 74.2 Å². The fourth-order valence-corrected chi connectivity index (χ4v) is 1.91. The standard InChI is InChI=1S/C9H6BrClN4O/c10-7-2-6(11)1-5(8(7)16)3-12-9-13-4-14-15-9/h1-4,16H,(H,13,14,15)/b12-3+. The first-order chi connectivity index (χ1) is 7.66. The molecule has 7 heteroatoms. The number of H-pyrrole nitrogens is 1. The zero-order chi connectivity index (χ0) is 11.5. The molecule has 1 aromatic heterocycles. The van der Waals surface area contributed by atoms with Crippen molar-refractivity contribution in [3.63, 3.8) is 0 Å². The monoisotopic (exact) mass is 300 g/mol. The predicted molar refractivity (Wildman–Crippen MR) is 64.5 cm³/mol. The number of aromatic nitrogens is 3. The van der Waals surface area contributed by atoms with Crippen LogP contribution in [0, 0.1) is 0 Å². The Morgan fingerprint density at radius 1 is 1.50 bits per heavy atom. The highest BCUT2D eigenvalue weighted by Gasteiger charge is 2.05. The van der Waals surface area contributed by atoms with Crippen LogP contribution >= 0.6 is 27.5 Å². The minimum absolute atomic E-state index is 0.0765. The second-order valence-corrected chi connectivity index (χ2v) is 4.18. The summed E-state index contributed by atoms with van der Waals surface area (Å²) in [5, 5.41) is 16.4. The summed E-state index contributed by atoms with van der Waals surface area (Å²) < 4.78 is 0.513. The first-order valence-corrected chi connectivity index (χ1v) is 5.41. The normalized spacial score (nSPS) is 11.1. The maximum Gasteiger partial charge on any atom is 0.245 e. The van der Waals surface area contributed by atoms with Crippen molar-refractivity contribution in [1.82, 2.24) is 15.2 Å². The van der Waals surface area contributed by atoms with Gasteiger partial charge in [-0.1, -0.05) is 11.6 Å². The molecule has 0 spiro atoms. The van der Waals surface area contributed by atoms with Crippen molar-refractivity contribution in [2.75, 3.05) is 0 Å². The summed E-state index contributed by atoms with van der Waals surface area (Å²) in [5.74, 6) is 0.433. The molecular weight excluding hydrogens is 295 g/mol. The lowest BCUT2D eigenvalue weighted by atomic mass is 10.2. The number of aromatic hydroxyl groups is 1. The zero-order valence-corrected chi connectivity index (χ0v) is 10.2. The fourth-order valence-electron chi connectivity index (χ4n) is 1.08. The summed E-state index contributed by atoms with van der Waals surface area (Å²) in [6.07, 6.45) is 2.80. The quantitative estimate of drug-likeness (QED) is 0.838. The molecule has 0 unspecified atom stereocenters. The van der Waals surface area contributed by atoms with Gasteiger partial charge in [-0.3, -0.25) is 0 Å². The molecule has 0 atom stereocenters. The van der Waals surface area contributed by atoms with Crippen LogP contribution in [0.1, 0.15) is 5.56 Å². The van der Waals surface area contributed by atoms with Crippen molar-refractivity contribution < 1.29 is 5.11 Å². The molecule has 0 bridgehead atoms. The Kier molecular flexibility index (Phi) is 3.21. The molecule has 16 heavy (non-hydrogen) atoms. The minimum atomic E-state index is 0.0765. The van der Waals surface area contributed by atoms with Crippen molar-refractivity contribution in [1.29, 1.82) is 0 Å². The van der Waals surface area contributed by atoms with E-state index in [0.29, 0.717) is 21.0 Å². The van der Waals surface area contributed by atoms with Gasteiger partial charge in [-0.15, -0.1) is 0 Å². The van der Waals surface area contributed by atoms with E-state index in [1.54, 1.807) is 12.1 Å². The number of aromatic amines is 1. The van der Waals surface area contributed by atoms with Gasteiger partial charge in [0.25, 0.3) is 0 Å². The number of rotatable bonds is 2. The molecule has 2 rings (SSSR count). The van der Waals surface area contributed by atoms with E-state index in [1.165, 1.54) is 12.5 Å². The van der Waals surface area contributed by atoms with Crippen LogP contribution in [0.3, 0.4) is 0 Å². The van der Waals surface area contributed by atoms with Gasteiger partial charge >= 0.3 is 0 Å². The Labute approximate surface area is 104 Å². The smallest absolute Gasteiger partial charge is 0.245 e. The van der Waals surface area contributed by atoms with E-state index in [4.69, 9.17) is 11.6 Å². The highest BCUT2D eigenvalue weighted by molar-refractivity contribution is 9.10. The fraction of sp³-hybridized carbons (Fsp3) is 0. The van der Waals surface area contributed by atoms with Gasteiger partial charge in [0, 0.05) is 16.8 Å². The lowest BCUT2D eigenvalue weighted by molar-refractivity contribution is 0.471. The molecule has 2 N–H and O–H groups in total. The van der Waals surface area contributed by atoms with Gasteiger partial charge in [-0.2, -0.15) is 10.1 Å². The third-order valence-corrected chi connectivity index (χ3v) is 2.61. The van der Waals surface area contributed by atoms with Gasteiger partial charge < -0.3 is 5.11 Å². The Morgan fingerprint density at radius 2 is 2.31 bits per heavy atom. The molecule has 0 saturated heterocycles. The van der Waals surface area contributed by atoms with Crippen LogP contribution in [0.4, 0.5) is 5.95 Å². The van der Waals surface area contributed by atoms with E-state index in [0.717, 1.165) is 0 Å². The highest BCUT2D eigenvalue weighted by atomic mass is 79.9. The van der Waals surface area contributed by atoms with Crippen LogP contribution in [0.5, 0.6) is 5.75 Å². The average molecular weight is 302 g/mol. The van der Waals surface area contributed by atoms with Crippen LogP contribution in [0.2, 0.25) is 5.02 Å². The second-order valence-electron chi connectivity index (χ2n) is 2.89. The van der Waals surface area contributed by atoms with E-state index in [2.05, 4.69) is 36.1 Å². The number of hydrogen-bond donors (Lipinski definition) is 2. The SMILES string of the molecule is Oc1c(Br)cc(Cl)cc1/C=N/c1ncn[nH]1. The van der Waals surface area contributed by atoms with Gasteiger partial charge in [-0.05, 0) is 28.1 Å².